The molecule has 13 heteroatoms. The van der Waals surface area contributed by atoms with Gasteiger partial charge in [-0.2, -0.15) is 13.2 Å². The molecular weight excluding hydrogens is 500 g/mol. The van der Waals surface area contributed by atoms with Gasteiger partial charge in [0.15, 0.2) is 6.10 Å². The van der Waals surface area contributed by atoms with E-state index >= 15 is 0 Å². The van der Waals surface area contributed by atoms with Crippen LogP contribution in [0.1, 0.15) is 39.2 Å². The van der Waals surface area contributed by atoms with Gasteiger partial charge >= 0.3 is 13.9 Å². The lowest BCUT2D eigenvalue weighted by atomic mass is 10.3. The van der Waals surface area contributed by atoms with Gasteiger partial charge in [0.25, 0.3) is 5.91 Å². The average Bonchev–Trinajstić information content (AvgIpc) is 2.78. The molecule has 1 aromatic heterocycles. The Morgan fingerprint density at radius 2 is 1.68 bits per heavy atom. The van der Waals surface area contributed by atoms with Crippen molar-refractivity contribution in [1.82, 2.24) is 10.1 Å². The highest BCUT2D eigenvalue weighted by atomic mass is 35.5. The third-order valence-corrected chi connectivity index (χ3v) is 5.84. The number of aromatic nitrogens is 1. The summed E-state index contributed by atoms with van der Waals surface area (Å²) >= 11 is 5.84. The van der Waals surface area contributed by atoms with Gasteiger partial charge in [0.05, 0.1) is 18.8 Å². The molecule has 2 rings (SSSR count). The summed E-state index contributed by atoms with van der Waals surface area (Å²) in [5, 5.41) is 1.96. The van der Waals surface area contributed by atoms with Crippen LogP contribution in [0.3, 0.4) is 0 Å². The second kappa shape index (κ2) is 12.4. The molecule has 0 aliphatic carbocycles. The predicted octanol–water partition coefficient (Wildman–Crippen LogP) is 6.39. The van der Waals surface area contributed by atoms with E-state index in [-0.39, 0.29) is 35.6 Å². The van der Waals surface area contributed by atoms with Crippen molar-refractivity contribution in [3.63, 3.8) is 0 Å². The fourth-order valence-corrected chi connectivity index (χ4v) is 4.07. The number of carbonyl (C=O) groups excluding carboxylic acids is 1. The van der Waals surface area contributed by atoms with E-state index < -0.39 is 31.5 Å². The van der Waals surface area contributed by atoms with E-state index in [4.69, 9.17) is 30.1 Å². The molecule has 0 aliphatic rings. The van der Waals surface area contributed by atoms with Crippen LogP contribution in [0.25, 0.3) is 0 Å². The lowest BCUT2D eigenvalue weighted by molar-refractivity contribution is -0.137. The molecule has 1 N–H and O–H groups in total. The molecule has 0 spiro atoms. The molecule has 8 nitrogen and oxygen atoms in total. The number of hydrogen-bond donors (Lipinski definition) is 1. The molecule has 0 radical (unpaired) electrons. The first-order valence-electron chi connectivity index (χ1n) is 10.4. The number of hydrogen-bond acceptors (Lipinski definition) is 7. The number of ether oxygens (including phenoxy) is 2. The van der Waals surface area contributed by atoms with Gasteiger partial charge in [0.1, 0.15) is 16.5 Å². The maximum absolute atomic E-state index is 12.7. The van der Waals surface area contributed by atoms with E-state index in [0.717, 1.165) is 6.07 Å². The van der Waals surface area contributed by atoms with Crippen LogP contribution >= 0.6 is 19.3 Å². The summed E-state index contributed by atoms with van der Waals surface area (Å²) in [6, 6.07) is 6.56. The van der Waals surface area contributed by atoms with Crippen molar-refractivity contribution in [3.8, 4) is 17.4 Å². The molecule has 0 aliphatic heterocycles. The average molecular weight is 525 g/mol. The second-order valence-electron chi connectivity index (χ2n) is 6.98. The number of carbonyl (C=O) groups is 1. The van der Waals surface area contributed by atoms with E-state index in [2.05, 4.69) is 10.1 Å². The number of halogens is 4. The molecule has 188 valence electrons. The van der Waals surface area contributed by atoms with Gasteiger partial charge in [-0.15, -0.1) is 0 Å². The lowest BCUT2D eigenvalue weighted by Gasteiger charge is -2.21. The van der Waals surface area contributed by atoms with Crippen LogP contribution in [0.2, 0.25) is 5.02 Å². The summed E-state index contributed by atoms with van der Waals surface area (Å²) in [4.78, 5) is 16.0. The summed E-state index contributed by atoms with van der Waals surface area (Å²) in [6.45, 7) is 5.40. The molecule has 1 heterocycles. The normalized spacial score (nSPS) is 12.8. The first-order valence-corrected chi connectivity index (χ1v) is 12.3. The third kappa shape index (κ3) is 8.47. The minimum atomic E-state index is -4.57. The molecule has 0 saturated heterocycles. The maximum Gasteiger partial charge on any atom is 0.435 e. The molecule has 34 heavy (non-hydrogen) atoms. The van der Waals surface area contributed by atoms with E-state index in [1.165, 1.54) is 31.2 Å². The first-order chi connectivity index (χ1) is 16.0. The summed E-state index contributed by atoms with van der Waals surface area (Å²) in [7, 11) is -3.82. The summed E-state index contributed by atoms with van der Waals surface area (Å²) in [6.07, 6.45) is -3.82. The zero-order valence-electron chi connectivity index (χ0n) is 18.7. The maximum atomic E-state index is 12.7. The summed E-state index contributed by atoms with van der Waals surface area (Å²) in [5.74, 6) is -0.396. The molecule has 1 atom stereocenters. The fourth-order valence-electron chi connectivity index (χ4n) is 2.36. The molecule has 0 saturated carbocycles. The van der Waals surface area contributed by atoms with E-state index in [0.29, 0.717) is 19.0 Å². The molecule has 1 aromatic carbocycles. The lowest BCUT2D eigenvalue weighted by Crippen LogP contribution is -2.35. The minimum absolute atomic E-state index is 0.149. The highest BCUT2D eigenvalue weighted by molar-refractivity contribution is 7.52. The molecule has 1 amide bonds. The highest BCUT2D eigenvalue weighted by Crippen LogP contribution is 2.44. The Kier molecular flexibility index (Phi) is 10.2. The largest absolute Gasteiger partial charge is 0.481 e. The Morgan fingerprint density at radius 1 is 1.12 bits per heavy atom. The van der Waals surface area contributed by atoms with Crippen LogP contribution in [0, 0.1) is 0 Å². The minimum Gasteiger partial charge on any atom is -0.481 e. The zero-order valence-corrected chi connectivity index (χ0v) is 20.4. The highest BCUT2D eigenvalue weighted by Gasteiger charge is 2.32. The molecule has 0 fully saturated rings. The molecule has 1 unspecified atom stereocenters. The van der Waals surface area contributed by atoms with Gasteiger partial charge in [-0.1, -0.05) is 25.4 Å². The van der Waals surface area contributed by atoms with Crippen LogP contribution in [0.5, 0.6) is 17.4 Å². The van der Waals surface area contributed by atoms with Gasteiger partial charge in [-0.25, -0.2) is 9.55 Å². The number of nitrogens with zero attached hydrogens (tertiary/aromatic N) is 1. The topological polar surface area (TPSA) is 96.0 Å². The van der Waals surface area contributed by atoms with Crippen LogP contribution in [0.4, 0.5) is 13.2 Å². The van der Waals surface area contributed by atoms with Crippen molar-refractivity contribution in [2.24, 2.45) is 0 Å². The number of rotatable bonds is 12. The smallest absolute Gasteiger partial charge is 0.435 e. The summed E-state index contributed by atoms with van der Waals surface area (Å²) in [5.41, 5.74) is -0.995. The number of pyridine rings is 1. The Morgan fingerprint density at radius 3 is 2.18 bits per heavy atom. The van der Waals surface area contributed by atoms with Gasteiger partial charge in [0.2, 0.25) is 5.88 Å². The van der Waals surface area contributed by atoms with Gasteiger partial charge in [-0.05, 0) is 50.1 Å². The fraction of sp³-hybridized carbons (Fsp3) is 0.429. The van der Waals surface area contributed by atoms with Gasteiger partial charge in [0, 0.05) is 6.20 Å². The van der Waals surface area contributed by atoms with Crippen molar-refractivity contribution in [1.29, 1.82) is 0 Å². The van der Waals surface area contributed by atoms with Gasteiger partial charge < -0.3 is 9.47 Å². The number of alkyl halides is 3. The SMILES string of the molecule is CCCOP(=O)(NC(=O)C(C)Oc1ccc(Oc2ncc(C(F)(F)F)cc2Cl)cc1)OCCC. The van der Waals surface area contributed by atoms with Gasteiger partial charge in [-0.3, -0.25) is 18.9 Å². The van der Waals surface area contributed by atoms with Crippen LogP contribution < -0.4 is 14.6 Å². The number of amides is 1. The third-order valence-electron chi connectivity index (χ3n) is 4.03. The Labute approximate surface area is 200 Å². The van der Waals surface area contributed by atoms with Crippen LogP contribution in [0.15, 0.2) is 36.5 Å². The van der Waals surface area contributed by atoms with Crippen LogP contribution in [-0.2, 0) is 24.6 Å². The van der Waals surface area contributed by atoms with Crippen molar-refractivity contribution >= 4 is 25.3 Å². The Balaban J connectivity index is 1.99. The monoisotopic (exact) mass is 524 g/mol. The molecule has 2 aromatic rings. The van der Waals surface area contributed by atoms with Crippen LogP contribution in [-0.4, -0.2) is 30.2 Å². The zero-order chi connectivity index (χ0) is 25.4. The molecule has 0 bridgehead atoms. The first kappa shape index (κ1) is 27.9. The quantitative estimate of drug-likeness (QED) is 0.321. The Bertz CT molecular complexity index is 995. The van der Waals surface area contributed by atoms with Crippen molar-refractivity contribution in [2.75, 3.05) is 13.2 Å². The van der Waals surface area contributed by atoms with Crippen molar-refractivity contribution in [2.45, 2.75) is 45.9 Å². The molecular formula is C21H25ClF3N2O6P. The standard InChI is InChI=1S/C21H25ClF3N2O6P/c1-4-10-30-34(29,31-11-5-2)27-19(28)14(3)32-16-6-8-17(9-7-16)33-20-18(22)12-15(13-26-20)21(23,24)25/h6-9,12-14H,4-5,10-11H2,1-3H3,(H,27,28,29). The number of nitrogens with one attached hydrogen (secondary N) is 1. The van der Waals surface area contributed by atoms with E-state index in [1.807, 2.05) is 13.8 Å². The number of benzene rings is 1. The summed E-state index contributed by atoms with van der Waals surface area (Å²) < 4.78 is 72.2. The predicted molar refractivity (Wildman–Crippen MR) is 119 cm³/mol. The van der Waals surface area contributed by atoms with E-state index in [9.17, 15) is 22.5 Å². The second-order valence-corrected chi connectivity index (χ2v) is 9.12. The van der Waals surface area contributed by atoms with Crippen molar-refractivity contribution in [3.05, 3.63) is 47.1 Å². The van der Waals surface area contributed by atoms with E-state index in [1.54, 1.807) is 0 Å². The van der Waals surface area contributed by atoms with Crippen molar-refractivity contribution < 1.29 is 41.1 Å². The Hall–Kier alpha value is -2.33.